The molecule has 5 nitrogen and oxygen atoms in total. The van der Waals surface area contributed by atoms with Crippen molar-refractivity contribution in [2.45, 2.75) is 51.1 Å². The van der Waals surface area contributed by atoms with Crippen LogP contribution in [0, 0.1) is 5.92 Å². The highest BCUT2D eigenvalue weighted by Crippen LogP contribution is 2.32. The zero-order valence-corrected chi connectivity index (χ0v) is 13.4. The standard InChI is InChI=1S/C14H25N3O2S/c1-4-16(9-12-5-6-12)20(18,19)14-7-13(8-15)17(10-14)11(2)3/h7,10-12H,4-6,8-9,15H2,1-3H3. The van der Waals surface area contributed by atoms with Gasteiger partial charge in [-0.05, 0) is 38.7 Å². The van der Waals surface area contributed by atoms with Gasteiger partial charge in [0.05, 0.1) is 0 Å². The number of nitrogens with two attached hydrogens (primary N) is 1. The fourth-order valence-corrected chi connectivity index (χ4v) is 3.99. The van der Waals surface area contributed by atoms with Gasteiger partial charge in [-0.25, -0.2) is 8.42 Å². The van der Waals surface area contributed by atoms with Gasteiger partial charge in [0.15, 0.2) is 0 Å². The quantitative estimate of drug-likeness (QED) is 0.836. The molecule has 1 saturated carbocycles. The van der Waals surface area contributed by atoms with E-state index in [0.717, 1.165) is 18.5 Å². The summed E-state index contributed by atoms with van der Waals surface area (Å²) in [6.45, 7) is 7.45. The molecule has 1 aliphatic rings. The molecule has 0 aliphatic heterocycles. The molecule has 114 valence electrons. The molecule has 1 aliphatic carbocycles. The summed E-state index contributed by atoms with van der Waals surface area (Å²) in [6, 6.07) is 1.92. The van der Waals surface area contributed by atoms with Gasteiger partial charge >= 0.3 is 0 Å². The summed E-state index contributed by atoms with van der Waals surface area (Å²) in [4.78, 5) is 0.370. The van der Waals surface area contributed by atoms with E-state index >= 15 is 0 Å². The smallest absolute Gasteiger partial charge is 0.244 e. The summed E-state index contributed by atoms with van der Waals surface area (Å²) in [5.41, 5.74) is 6.58. The van der Waals surface area contributed by atoms with Gasteiger partial charge in [-0.2, -0.15) is 4.31 Å². The van der Waals surface area contributed by atoms with Crippen LogP contribution >= 0.6 is 0 Å². The van der Waals surface area contributed by atoms with Gasteiger partial charge in [-0.15, -0.1) is 0 Å². The van der Waals surface area contributed by atoms with Crippen molar-refractivity contribution in [2.75, 3.05) is 13.1 Å². The number of hydrogen-bond acceptors (Lipinski definition) is 3. The van der Waals surface area contributed by atoms with Gasteiger partial charge in [0, 0.05) is 37.6 Å². The number of aromatic nitrogens is 1. The Labute approximate surface area is 121 Å². The van der Waals surface area contributed by atoms with E-state index in [1.807, 2.05) is 25.3 Å². The van der Waals surface area contributed by atoms with Crippen molar-refractivity contribution < 1.29 is 8.42 Å². The molecule has 0 amide bonds. The van der Waals surface area contributed by atoms with Crippen molar-refractivity contribution in [3.8, 4) is 0 Å². The third kappa shape index (κ3) is 3.07. The Kier molecular flexibility index (Phi) is 4.56. The van der Waals surface area contributed by atoms with Crippen LogP contribution in [-0.2, 0) is 16.6 Å². The lowest BCUT2D eigenvalue weighted by molar-refractivity contribution is 0.412. The van der Waals surface area contributed by atoms with Crippen LogP contribution in [-0.4, -0.2) is 30.4 Å². The molecule has 2 rings (SSSR count). The topological polar surface area (TPSA) is 68.3 Å². The van der Waals surface area contributed by atoms with Gasteiger partial charge < -0.3 is 10.3 Å². The van der Waals surface area contributed by atoms with E-state index in [2.05, 4.69) is 0 Å². The van der Waals surface area contributed by atoms with Gasteiger partial charge in [-0.3, -0.25) is 0 Å². The number of rotatable bonds is 7. The molecule has 0 saturated heterocycles. The molecule has 0 atom stereocenters. The maximum Gasteiger partial charge on any atom is 0.244 e. The van der Waals surface area contributed by atoms with Crippen molar-refractivity contribution in [3.05, 3.63) is 18.0 Å². The molecule has 1 aromatic heterocycles. The Balaban J connectivity index is 2.32. The molecule has 0 unspecified atom stereocenters. The van der Waals surface area contributed by atoms with Crippen LogP contribution in [0.2, 0.25) is 0 Å². The predicted octanol–water partition coefficient (Wildman–Crippen LogP) is 1.95. The maximum absolute atomic E-state index is 12.7. The van der Waals surface area contributed by atoms with Crippen LogP contribution in [0.1, 0.15) is 45.3 Å². The summed E-state index contributed by atoms with van der Waals surface area (Å²) in [7, 11) is -3.39. The Morgan fingerprint density at radius 3 is 2.50 bits per heavy atom. The molecule has 1 aromatic rings. The van der Waals surface area contributed by atoms with Crippen LogP contribution in [0.5, 0.6) is 0 Å². The van der Waals surface area contributed by atoms with Gasteiger partial charge in [0.1, 0.15) is 4.90 Å². The second-order valence-electron chi connectivity index (χ2n) is 5.77. The lowest BCUT2D eigenvalue weighted by atomic mass is 10.3. The fourth-order valence-electron chi connectivity index (χ4n) is 2.42. The summed E-state index contributed by atoms with van der Waals surface area (Å²) in [5, 5.41) is 0. The normalized spacial score (nSPS) is 16.3. The third-order valence-corrected chi connectivity index (χ3v) is 5.73. The highest BCUT2D eigenvalue weighted by Gasteiger charge is 2.31. The van der Waals surface area contributed by atoms with Crippen LogP contribution in [0.3, 0.4) is 0 Å². The average molecular weight is 299 g/mol. The summed E-state index contributed by atoms with van der Waals surface area (Å²) in [6.07, 6.45) is 4.01. The summed E-state index contributed by atoms with van der Waals surface area (Å²) < 4.78 is 28.9. The van der Waals surface area contributed by atoms with Crippen molar-refractivity contribution in [2.24, 2.45) is 11.7 Å². The van der Waals surface area contributed by atoms with Crippen molar-refractivity contribution in [1.29, 1.82) is 0 Å². The van der Waals surface area contributed by atoms with Crippen LogP contribution < -0.4 is 5.73 Å². The fraction of sp³-hybridized carbons (Fsp3) is 0.714. The lowest BCUT2D eigenvalue weighted by Gasteiger charge is -2.19. The van der Waals surface area contributed by atoms with Crippen LogP contribution in [0.25, 0.3) is 0 Å². The molecule has 0 spiro atoms. The minimum atomic E-state index is -3.39. The summed E-state index contributed by atoms with van der Waals surface area (Å²) >= 11 is 0. The van der Waals surface area contributed by atoms with E-state index in [1.54, 1.807) is 16.6 Å². The van der Waals surface area contributed by atoms with E-state index in [1.165, 1.54) is 0 Å². The molecular weight excluding hydrogens is 274 g/mol. The van der Waals surface area contributed by atoms with E-state index in [4.69, 9.17) is 5.73 Å². The zero-order chi connectivity index (χ0) is 14.9. The highest BCUT2D eigenvalue weighted by molar-refractivity contribution is 7.89. The van der Waals surface area contributed by atoms with Crippen molar-refractivity contribution in [3.63, 3.8) is 0 Å². The Morgan fingerprint density at radius 2 is 2.10 bits per heavy atom. The molecule has 2 N–H and O–H groups in total. The number of nitrogens with zero attached hydrogens (tertiary/aromatic N) is 2. The largest absolute Gasteiger partial charge is 0.346 e. The SMILES string of the molecule is CCN(CC1CC1)S(=O)(=O)c1cc(CN)n(C(C)C)c1. The lowest BCUT2D eigenvalue weighted by Crippen LogP contribution is -2.32. The van der Waals surface area contributed by atoms with E-state index < -0.39 is 10.0 Å². The molecular formula is C14H25N3O2S. The van der Waals surface area contributed by atoms with Crippen LogP contribution in [0.4, 0.5) is 0 Å². The second-order valence-corrected chi connectivity index (χ2v) is 7.71. The van der Waals surface area contributed by atoms with Crippen LogP contribution in [0.15, 0.2) is 17.2 Å². The van der Waals surface area contributed by atoms with Crippen molar-refractivity contribution >= 4 is 10.0 Å². The van der Waals surface area contributed by atoms with Crippen molar-refractivity contribution in [1.82, 2.24) is 8.87 Å². The zero-order valence-electron chi connectivity index (χ0n) is 12.5. The Hall–Kier alpha value is -0.850. The average Bonchev–Trinajstić information content (AvgIpc) is 3.10. The third-order valence-electron chi connectivity index (χ3n) is 3.82. The molecule has 0 radical (unpaired) electrons. The van der Waals surface area contributed by atoms with E-state index in [9.17, 15) is 8.42 Å². The maximum atomic E-state index is 12.7. The molecule has 1 fully saturated rings. The van der Waals surface area contributed by atoms with Gasteiger partial charge in [0.25, 0.3) is 0 Å². The second kappa shape index (κ2) is 5.87. The first-order chi connectivity index (χ1) is 9.40. The Bertz CT molecular complexity index is 559. The number of hydrogen-bond donors (Lipinski definition) is 1. The highest BCUT2D eigenvalue weighted by atomic mass is 32.2. The monoisotopic (exact) mass is 299 g/mol. The minimum Gasteiger partial charge on any atom is -0.346 e. The number of sulfonamides is 1. The van der Waals surface area contributed by atoms with Gasteiger partial charge in [-0.1, -0.05) is 6.92 Å². The summed E-state index contributed by atoms with van der Waals surface area (Å²) in [5.74, 6) is 0.547. The minimum absolute atomic E-state index is 0.205. The molecule has 6 heteroatoms. The molecule has 20 heavy (non-hydrogen) atoms. The molecule has 0 aromatic carbocycles. The first-order valence-electron chi connectivity index (χ1n) is 7.31. The first-order valence-corrected chi connectivity index (χ1v) is 8.75. The molecule has 0 bridgehead atoms. The Morgan fingerprint density at radius 1 is 1.45 bits per heavy atom. The first kappa shape index (κ1) is 15.5. The predicted molar refractivity (Wildman–Crippen MR) is 79.9 cm³/mol. The van der Waals surface area contributed by atoms with E-state index in [0.29, 0.717) is 30.4 Å². The van der Waals surface area contributed by atoms with E-state index in [-0.39, 0.29) is 6.04 Å². The van der Waals surface area contributed by atoms with Gasteiger partial charge in [0.2, 0.25) is 10.0 Å². The molecule has 1 heterocycles.